The first kappa shape index (κ1) is 33.7. The second-order valence-electron chi connectivity index (χ2n) is 11.5. The van der Waals surface area contributed by atoms with Crippen molar-refractivity contribution in [3.63, 3.8) is 0 Å². The summed E-state index contributed by atoms with van der Waals surface area (Å²) in [5.41, 5.74) is 3.25. The van der Waals surface area contributed by atoms with Gasteiger partial charge in [0.1, 0.15) is 4.88 Å². The van der Waals surface area contributed by atoms with Gasteiger partial charge in [0.25, 0.3) is 5.91 Å². The third-order valence-electron chi connectivity index (χ3n) is 7.46. The summed E-state index contributed by atoms with van der Waals surface area (Å²) < 4.78 is 1.71. The monoisotopic (exact) mass is 641 g/mol. The summed E-state index contributed by atoms with van der Waals surface area (Å²) >= 11 is 1.19. The summed E-state index contributed by atoms with van der Waals surface area (Å²) in [5, 5.41) is 17.1. The van der Waals surface area contributed by atoms with Crippen molar-refractivity contribution in [3.05, 3.63) is 83.1 Å². The van der Waals surface area contributed by atoms with E-state index in [0.29, 0.717) is 28.1 Å². The number of rotatable bonds is 11. The number of nitrogens with one attached hydrogen (secondary N) is 4. The fourth-order valence-corrected chi connectivity index (χ4v) is 5.95. The first-order valence-corrected chi connectivity index (χ1v) is 15.3. The predicted molar refractivity (Wildman–Crippen MR) is 183 cm³/mol. The maximum Gasteiger partial charge on any atom is 0.318 e. The van der Waals surface area contributed by atoms with Gasteiger partial charge in [0.15, 0.2) is 10.9 Å². The number of amides is 4. The topological polar surface area (TPSA) is 137 Å². The Hall–Kier alpha value is -5.19. The molecule has 0 radical (unpaired) electrons. The molecule has 13 heteroatoms. The molecule has 12 nitrogen and oxygen atoms in total. The van der Waals surface area contributed by atoms with Crippen molar-refractivity contribution in [2.45, 2.75) is 38.9 Å². The van der Waals surface area contributed by atoms with E-state index in [2.05, 4.69) is 43.8 Å². The van der Waals surface area contributed by atoms with Crippen molar-refractivity contribution in [3.8, 4) is 12.3 Å². The van der Waals surface area contributed by atoms with Gasteiger partial charge in [-0.3, -0.25) is 14.3 Å². The molecule has 240 valence electrons. The SMILES string of the molecule is C#C/C=C\C=C(/C)[C@@H](CN(C)C)NC(=O)N1Cc2c(NC(=O)c3cnc(Nc4ccc(NC(=O)C=C)cc4)s3)nn(C)c2C1(C)C. The molecule has 0 saturated heterocycles. The van der Waals surface area contributed by atoms with Gasteiger partial charge in [0.05, 0.1) is 30.0 Å². The average molecular weight is 642 g/mol. The maximum atomic E-state index is 13.7. The second-order valence-corrected chi connectivity index (χ2v) is 12.6. The molecule has 4 amide bonds. The lowest BCUT2D eigenvalue weighted by atomic mass is 10.0. The van der Waals surface area contributed by atoms with E-state index in [1.54, 1.807) is 53.0 Å². The number of carbonyl (C=O) groups is 3. The van der Waals surface area contributed by atoms with Crippen molar-refractivity contribution < 1.29 is 14.4 Å². The number of hydrogen-bond donors (Lipinski definition) is 4. The minimum Gasteiger partial charge on any atom is -0.332 e. The zero-order valence-electron chi connectivity index (χ0n) is 26.8. The van der Waals surface area contributed by atoms with Crippen LogP contribution in [0.2, 0.25) is 0 Å². The highest BCUT2D eigenvalue weighted by Crippen LogP contribution is 2.42. The Balaban J connectivity index is 1.46. The molecule has 1 aromatic carbocycles. The van der Waals surface area contributed by atoms with E-state index in [-0.39, 0.29) is 30.4 Å². The molecule has 1 aliphatic heterocycles. The Morgan fingerprint density at radius 3 is 2.54 bits per heavy atom. The Morgan fingerprint density at radius 1 is 1.20 bits per heavy atom. The van der Waals surface area contributed by atoms with E-state index in [4.69, 9.17) is 6.42 Å². The molecular formula is C33H39N9O3S. The number of aromatic nitrogens is 3. The first-order valence-electron chi connectivity index (χ1n) is 14.5. The fourth-order valence-electron chi connectivity index (χ4n) is 5.22. The Kier molecular flexibility index (Phi) is 10.5. The number of carbonyl (C=O) groups excluding carboxylic acids is 3. The molecule has 4 N–H and O–H groups in total. The molecule has 3 aromatic rings. The molecule has 2 aromatic heterocycles. The summed E-state index contributed by atoms with van der Waals surface area (Å²) in [4.78, 5) is 47.0. The molecule has 3 heterocycles. The van der Waals surface area contributed by atoms with Gasteiger partial charge in [0.2, 0.25) is 5.91 Å². The molecule has 1 aliphatic rings. The molecule has 0 saturated carbocycles. The van der Waals surface area contributed by atoms with E-state index < -0.39 is 5.54 Å². The molecule has 4 rings (SSSR count). The molecular weight excluding hydrogens is 602 g/mol. The van der Waals surface area contributed by atoms with E-state index in [9.17, 15) is 14.4 Å². The molecule has 0 spiro atoms. The highest BCUT2D eigenvalue weighted by atomic mass is 32.1. The summed E-state index contributed by atoms with van der Waals surface area (Å²) in [6.07, 6.45) is 13.3. The van der Waals surface area contributed by atoms with E-state index in [1.165, 1.54) is 23.6 Å². The van der Waals surface area contributed by atoms with Gasteiger partial charge < -0.3 is 31.1 Å². The molecule has 0 aliphatic carbocycles. The van der Waals surface area contributed by atoms with Crippen LogP contribution in [0.15, 0.2) is 66.9 Å². The van der Waals surface area contributed by atoms with Crippen molar-refractivity contribution in [1.82, 2.24) is 29.9 Å². The number of hydrogen-bond acceptors (Lipinski definition) is 8. The Morgan fingerprint density at radius 2 is 1.89 bits per heavy atom. The third-order valence-corrected chi connectivity index (χ3v) is 8.37. The highest BCUT2D eigenvalue weighted by Gasteiger charge is 2.45. The number of benzene rings is 1. The van der Waals surface area contributed by atoms with Crippen LogP contribution in [-0.4, -0.2) is 69.1 Å². The second kappa shape index (κ2) is 14.3. The number of anilines is 4. The zero-order valence-corrected chi connectivity index (χ0v) is 27.7. The summed E-state index contributed by atoms with van der Waals surface area (Å²) in [5.74, 6) is 2.21. The van der Waals surface area contributed by atoms with Crippen LogP contribution in [0.25, 0.3) is 0 Å². The number of fused-ring (bicyclic) bond motifs is 1. The quantitative estimate of drug-likeness (QED) is 0.134. The molecule has 0 bridgehead atoms. The number of thiazole rings is 1. The molecule has 0 unspecified atom stereocenters. The van der Waals surface area contributed by atoms with Gasteiger partial charge in [-0.15, -0.1) is 6.42 Å². The summed E-state index contributed by atoms with van der Waals surface area (Å²) in [7, 11) is 5.71. The van der Waals surface area contributed by atoms with Gasteiger partial charge in [-0.1, -0.05) is 36.0 Å². The van der Waals surface area contributed by atoms with Crippen LogP contribution >= 0.6 is 11.3 Å². The van der Waals surface area contributed by atoms with Crippen LogP contribution in [-0.2, 0) is 23.9 Å². The highest BCUT2D eigenvalue weighted by molar-refractivity contribution is 7.17. The van der Waals surface area contributed by atoms with Crippen LogP contribution in [0.4, 0.5) is 27.1 Å². The van der Waals surface area contributed by atoms with Gasteiger partial charge >= 0.3 is 6.03 Å². The van der Waals surface area contributed by atoms with E-state index >= 15 is 0 Å². The van der Waals surface area contributed by atoms with Gasteiger partial charge in [-0.05, 0) is 76.9 Å². The Labute approximate surface area is 273 Å². The van der Waals surface area contributed by atoms with Gasteiger partial charge in [-0.2, -0.15) is 5.10 Å². The van der Waals surface area contributed by atoms with Crippen molar-refractivity contribution in [2.75, 3.05) is 36.6 Å². The summed E-state index contributed by atoms with van der Waals surface area (Å²) in [6.45, 7) is 10.2. The lowest BCUT2D eigenvalue weighted by molar-refractivity contribution is -0.111. The number of aryl methyl sites for hydroxylation is 1. The molecule has 1 atom stereocenters. The largest absolute Gasteiger partial charge is 0.332 e. The summed E-state index contributed by atoms with van der Waals surface area (Å²) in [6, 6.07) is 6.60. The zero-order chi connectivity index (χ0) is 33.6. The fraction of sp³-hybridized carbons (Fsp3) is 0.303. The number of urea groups is 1. The maximum absolute atomic E-state index is 13.7. The van der Waals surface area contributed by atoms with Crippen molar-refractivity contribution >= 4 is 51.5 Å². The van der Waals surface area contributed by atoms with Crippen LogP contribution < -0.4 is 21.3 Å². The molecule has 46 heavy (non-hydrogen) atoms. The smallest absolute Gasteiger partial charge is 0.318 e. The third kappa shape index (κ3) is 7.71. The molecule has 0 fully saturated rings. The Bertz CT molecular complexity index is 1730. The normalized spacial score (nSPS) is 14.5. The van der Waals surface area contributed by atoms with Crippen LogP contribution in [0, 0.1) is 12.3 Å². The first-order chi connectivity index (χ1) is 21.8. The van der Waals surface area contributed by atoms with E-state index in [1.807, 2.05) is 45.8 Å². The number of likely N-dealkylation sites (N-methyl/N-ethyl adjacent to an activating group) is 1. The van der Waals surface area contributed by atoms with Gasteiger partial charge in [-0.25, -0.2) is 9.78 Å². The van der Waals surface area contributed by atoms with Crippen molar-refractivity contribution in [2.24, 2.45) is 7.05 Å². The number of terminal acetylenes is 1. The minimum atomic E-state index is -0.695. The number of nitrogens with zero attached hydrogens (tertiary/aromatic N) is 5. The van der Waals surface area contributed by atoms with E-state index in [0.717, 1.165) is 22.5 Å². The van der Waals surface area contributed by atoms with Crippen LogP contribution in [0.3, 0.4) is 0 Å². The van der Waals surface area contributed by atoms with Crippen LogP contribution in [0.1, 0.15) is 41.7 Å². The predicted octanol–water partition coefficient (Wildman–Crippen LogP) is 4.82. The van der Waals surface area contributed by atoms with Crippen molar-refractivity contribution in [1.29, 1.82) is 0 Å². The lowest BCUT2D eigenvalue weighted by Gasteiger charge is -2.34. The van der Waals surface area contributed by atoms with Crippen LogP contribution in [0.5, 0.6) is 0 Å². The lowest BCUT2D eigenvalue weighted by Crippen LogP contribution is -2.52. The number of allylic oxidation sites excluding steroid dienone is 3. The minimum absolute atomic E-state index is 0.228. The van der Waals surface area contributed by atoms with Gasteiger partial charge in [0, 0.05) is 30.5 Å². The standard InChI is InChI=1S/C33H39N9O3S/c1-9-11-12-13-21(3)25(20-40(6)7)37-32(45)42-19-24-28(33(42,4)5)41(8)39-29(24)38-30(44)26-18-34-31(46-26)36-23-16-14-22(15-17-23)35-27(43)10-2/h1,10-18,25H,2,19-20H2,3-8H3,(H,34,36)(H,35,43)(H,37,45)(H,38,39,44)/b12-11-,21-13+/t25-/m1/s1. The average Bonchev–Trinajstić information content (AvgIpc) is 3.67.